The number of halogens is 2. The van der Waals surface area contributed by atoms with E-state index in [1.807, 2.05) is 12.4 Å². The summed E-state index contributed by atoms with van der Waals surface area (Å²) in [6.07, 6.45) is 5.73. The second kappa shape index (κ2) is 6.98. The molecular weight excluding hydrogens is 339 g/mol. The van der Waals surface area contributed by atoms with Crippen LogP contribution in [0, 0.1) is 5.82 Å². The Morgan fingerprint density at radius 3 is 2.92 bits per heavy atom. The van der Waals surface area contributed by atoms with Crippen LogP contribution in [0.5, 0.6) is 5.75 Å². The minimum Gasteiger partial charge on any atom is -0.490 e. The van der Waals surface area contributed by atoms with Crippen molar-refractivity contribution in [3.05, 3.63) is 71.3 Å². The third-order valence-electron chi connectivity index (χ3n) is 4.64. The average molecular weight is 357 g/mol. The number of aromatic nitrogens is 1. The van der Waals surface area contributed by atoms with Gasteiger partial charge in [-0.25, -0.2) is 4.39 Å². The molecule has 2 aromatic carbocycles. The number of rotatable bonds is 5. The van der Waals surface area contributed by atoms with Crippen LogP contribution < -0.4 is 10.1 Å². The summed E-state index contributed by atoms with van der Waals surface area (Å²) in [5, 5.41) is 6.06. The SMILES string of the molecule is Fc1ccc(OC2CC(NCc3cccc4cnccc34)C2)cc1Cl. The number of hydrogen-bond donors (Lipinski definition) is 1. The molecule has 3 nitrogen and oxygen atoms in total. The van der Waals surface area contributed by atoms with E-state index >= 15 is 0 Å². The van der Waals surface area contributed by atoms with Crippen LogP contribution in [0.4, 0.5) is 4.39 Å². The molecular formula is C20H18ClFN2O. The predicted octanol–water partition coefficient (Wildman–Crippen LogP) is 4.73. The number of fused-ring (bicyclic) bond motifs is 1. The Morgan fingerprint density at radius 1 is 1.20 bits per heavy atom. The van der Waals surface area contributed by atoms with Gasteiger partial charge in [-0.1, -0.05) is 29.8 Å². The molecule has 25 heavy (non-hydrogen) atoms. The van der Waals surface area contributed by atoms with Crippen LogP contribution >= 0.6 is 11.6 Å². The highest BCUT2D eigenvalue weighted by molar-refractivity contribution is 6.30. The van der Waals surface area contributed by atoms with Gasteiger partial charge >= 0.3 is 0 Å². The third-order valence-corrected chi connectivity index (χ3v) is 4.93. The first-order chi connectivity index (χ1) is 12.2. The maximum atomic E-state index is 13.2. The number of nitrogens with zero attached hydrogens (tertiary/aromatic N) is 1. The molecule has 0 radical (unpaired) electrons. The van der Waals surface area contributed by atoms with Gasteiger partial charge in [0.25, 0.3) is 0 Å². The largest absolute Gasteiger partial charge is 0.490 e. The Kier molecular flexibility index (Phi) is 4.55. The van der Waals surface area contributed by atoms with E-state index in [2.05, 4.69) is 34.6 Å². The smallest absolute Gasteiger partial charge is 0.142 e. The topological polar surface area (TPSA) is 34.1 Å². The molecule has 0 bridgehead atoms. The molecule has 1 fully saturated rings. The maximum Gasteiger partial charge on any atom is 0.142 e. The van der Waals surface area contributed by atoms with Crippen LogP contribution in [0.3, 0.4) is 0 Å². The molecule has 1 saturated carbocycles. The van der Waals surface area contributed by atoms with Crippen molar-refractivity contribution in [2.45, 2.75) is 31.5 Å². The maximum absolute atomic E-state index is 13.2. The Hall–Kier alpha value is -2.17. The quantitative estimate of drug-likeness (QED) is 0.717. The van der Waals surface area contributed by atoms with Crippen molar-refractivity contribution in [3.63, 3.8) is 0 Å². The number of pyridine rings is 1. The first-order valence-electron chi connectivity index (χ1n) is 8.36. The number of benzene rings is 2. The molecule has 1 aromatic heterocycles. The zero-order valence-electron chi connectivity index (χ0n) is 13.6. The number of hydrogen-bond acceptors (Lipinski definition) is 3. The van der Waals surface area contributed by atoms with Gasteiger partial charge in [0.1, 0.15) is 17.7 Å². The minimum absolute atomic E-state index is 0.0944. The van der Waals surface area contributed by atoms with Crippen molar-refractivity contribution in [3.8, 4) is 5.75 Å². The van der Waals surface area contributed by atoms with Gasteiger partial charge in [0, 0.05) is 36.4 Å². The van der Waals surface area contributed by atoms with E-state index in [-0.39, 0.29) is 11.1 Å². The summed E-state index contributed by atoms with van der Waals surface area (Å²) in [5.41, 5.74) is 1.27. The lowest BCUT2D eigenvalue weighted by atomic mass is 9.89. The second-order valence-electron chi connectivity index (χ2n) is 6.38. The van der Waals surface area contributed by atoms with Gasteiger partial charge in [-0.3, -0.25) is 4.98 Å². The molecule has 0 unspecified atom stereocenters. The van der Waals surface area contributed by atoms with E-state index in [1.54, 1.807) is 6.07 Å². The van der Waals surface area contributed by atoms with Gasteiger partial charge in [0.15, 0.2) is 0 Å². The molecule has 0 amide bonds. The van der Waals surface area contributed by atoms with E-state index in [4.69, 9.17) is 16.3 Å². The van der Waals surface area contributed by atoms with Crippen LogP contribution in [0.25, 0.3) is 10.8 Å². The number of nitrogens with one attached hydrogen (secondary N) is 1. The predicted molar refractivity (Wildman–Crippen MR) is 97.4 cm³/mol. The summed E-state index contributed by atoms with van der Waals surface area (Å²) in [7, 11) is 0. The normalized spacial score (nSPS) is 19.6. The minimum atomic E-state index is -0.424. The van der Waals surface area contributed by atoms with Crippen molar-refractivity contribution in [2.75, 3.05) is 0 Å². The standard InChI is InChI=1S/C20H18ClFN2O/c21-19-10-16(4-5-20(19)22)25-17-8-15(9-17)24-12-14-3-1-2-13-11-23-7-6-18(13)14/h1-7,10-11,15,17,24H,8-9,12H2. The van der Waals surface area contributed by atoms with Crippen molar-refractivity contribution < 1.29 is 9.13 Å². The van der Waals surface area contributed by atoms with E-state index in [0.717, 1.165) is 24.8 Å². The van der Waals surface area contributed by atoms with Crippen molar-refractivity contribution in [2.24, 2.45) is 0 Å². The molecule has 3 aromatic rings. The first-order valence-corrected chi connectivity index (χ1v) is 8.73. The molecule has 4 rings (SSSR count). The van der Waals surface area contributed by atoms with Crippen molar-refractivity contribution in [1.29, 1.82) is 0 Å². The van der Waals surface area contributed by atoms with Gasteiger partial charge in [0.05, 0.1) is 5.02 Å². The molecule has 0 aliphatic heterocycles. The zero-order valence-corrected chi connectivity index (χ0v) is 14.3. The Bertz CT molecular complexity index is 891. The summed E-state index contributed by atoms with van der Waals surface area (Å²) in [6, 6.07) is 13.2. The third kappa shape index (κ3) is 3.60. The van der Waals surface area contributed by atoms with Crippen molar-refractivity contribution in [1.82, 2.24) is 10.3 Å². The Labute approximate surface area is 150 Å². The van der Waals surface area contributed by atoms with E-state index in [1.165, 1.54) is 23.1 Å². The fraction of sp³-hybridized carbons (Fsp3) is 0.250. The van der Waals surface area contributed by atoms with Crippen LogP contribution in [0.2, 0.25) is 5.02 Å². The lowest BCUT2D eigenvalue weighted by Gasteiger charge is -2.36. The van der Waals surface area contributed by atoms with Gasteiger partial charge in [-0.05, 0) is 42.0 Å². The summed E-state index contributed by atoms with van der Waals surface area (Å²) in [5.74, 6) is 0.198. The second-order valence-corrected chi connectivity index (χ2v) is 6.79. The Morgan fingerprint density at radius 2 is 2.08 bits per heavy atom. The molecule has 5 heteroatoms. The molecule has 1 N–H and O–H groups in total. The molecule has 128 valence electrons. The van der Waals surface area contributed by atoms with Crippen LogP contribution in [0.1, 0.15) is 18.4 Å². The van der Waals surface area contributed by atoms with Crippen molar-refractivity contribution >= 4 is 22.4 Å². The van der Waals surface area contributed by atoms with Crippen LogP contribution in [0.15, 0.2) is 54.9 Å². The number of ether oxygens (including phenoxy) is 1. The Balaban J connectivity index is 1.30. The fourth-order valence-electron chi connectivity index (χ4n) is 3.17. The highest BCUT2D eigenvalue weighted by atomic mass is 35.5. The van der Waals surface area contributed by atoms with Gasteiger partial charge in [-0.15, -0.1) is 0 Å². The summed E-state index contributed by atoms with van der Waals surface area (Å²) < 4.78 is 19.0. The fourth-order valence-corrected chi connectivity index (χ4v) is 3.34. The van der Waals surface area contributed by atoms with Gasteiger partial charge in [0.2, 0.25) is 0 Å². The molecule has 1 aliphatic carbocycles. The van der Waals surface area contributed by atoms with Crippen LogP contribution in [-0.2, 0) is 6.54 Å². The molecule has 0 atom stereocenters. The highest BCUT2D eigenvalue weighted by Gasteiger charge is 2.30. The molecule has 0 saturated heterocycles. The molecule has 1 aliphatic rings. The molecule has 1 heterocycles. The van der Waals surface area contributed by atoms with Gasteiger partial charge < -0.3 is 10.1 Å². The monoisotopic (exact) mass is 356 g/mol. The lowest BCUT2D eigenvalue weighted by Crippen LogP contribution is -2.46. The van der Waals surface area contributed by atoms with Crippen LogP contribution in [-0.4, -0.2) is 17.1 Å². The average Bonchev–Trinajstić information content (AvgIpc) is 2.60. The van der Waals surface area contributed by atoms with E-state index in [0.29, 0.717) is 11.8 Å². The van der Waals surface area contributed by atoms with Gasteiger partial charge in [-0.2, -0.15) is 0 Å². The zero-order chi connectivity index (χ0) is 17.2. The van der Waals surface area contributed by atoms with E-state index in [9.17, 15) is 4.39 Å². The molecule has 0 spiro atoms. The summed E-state index contributed by atoms with van der Waals surface area (Å²) in [4.78, 5) is 4.17. The highest BCUT2D eigenvalue weighted by Crippen LogP contribution is 2.29. The first kappa shape index (κ1) is 16.3. The summed E-state index contributed by atoms with van der Waals surface area (Å²) in [6.45, 7) is 0.821. The van der Waals surface area contributed by atoms with E-state index < -0.39 is 5.82 Å². The summed E-state index contributed by atoms with van der Waals surface area (Å²) >= 11 is 5.78. The lowest BCUT2D eigenvalue weighted by molar-refractivity contribution is 0.0843.